The molecule has 0 saturated carbocycles. The van der Waals surface area contributed by atoms with E-state index in [2.05, 4.69) is 11.4 Å². The third kappa shape index (κ3) is 5.24. The predicted octanol–water partition coefficient (Wildman–Crippen LogP) is 3.88. The largest absolute Gasteiger partial charge is 0.491 e. The topological polar surface area (TPSA) is 47.6 Å². The van der Waals surface area contributed by atoms with Gasteiger partial charge in [-0.1, -0.05) is 24.3 Å². The molecule has 4 nitrogen and oxygen atoms in total. The van der Waals surface area contributed by atoms with E-state index in [1.165, 1.54) is 0 Å². The summed E-state index contributed by atoms with van der Waals surface area (Å²) >= 11 is 0. The van der Waals surface area contributed by atoms with Gasteiger partial charge >= 0.3 is 0 Å². The first kappa shape index (κ1) is 18.8. The van der Waals surface area contributed by atoms with Crippen LogP contribution < -0.4 is 14.8 Å². The van der Waals surface area contributed by atoms with Crippen molar-refractivity contribution in [2.45, 2.75) is 40.7 Å². The summed E-state index contributed by atoms with van der Waals surface area (Å²) in [6.45, 7) is 10.7. The molecule has 0 fully saturated rings. The molecule has 25 heavy (non-hydrogen) atoms. The number of ether oxygens (including phenoxy) is 2. The second kappa shape index (κ2) is 8.56. The molecule has 0 aliphatic rings. The van der Waals surface area contributed by atoms with E-state index in [4.69, 9.17) is 9.47 Å². The fraction of sp³-hybridized carbons (Fsp3) is 0.381. The molecule has 1 N–H and O–H groups in total. The van der Waals surface area contributed by atoms with E-state index >= 15 is 0 Å². The number of carbonyl (C=O) groups is 1. The minimum atomic E-state index is -0.557. The van der Waals surface area contributed by atoms with Crippen LogP contribution in [0.4, 0.5) is 0 Å². The number of para-hydroxylation sites is 1. The summed E-state index contributed by atoms with van der Waals surface area (Å²) in [5.74, 6) is 1.45. The maximum absolute atomic E-state index is 12.2. The molecule has 0 unspecified atom stereocenters. The van der Waals surface area contributed by atoms with Crippen molar-refractivity contribution in [2.75, 3.05) is 13.2 Å². The van der Waals surface area contributed by atoms with Crippen molar-refractivity contribution in [2.24, 2.45) is 0 Å². The van der Waals surface area contributed by atoms with Gasteiger partial charge in [-0.25, -0.2) is 0 Å². The van der Waals surface area contributed by atoms with Crippen molar-refractivity contribution < 1.29 is 14.3 Å². The number of nitrogens with one attached hydrogen (secondary N) is 1. The highest BCUT2D eigenvalue weighted by Gasteiger charge is 2.16. The van der Waals surface area contributed by atoms with E-state index in [9.17, 15) is 4.79 Å². The molecule has 0 aliphatic heterocycles. The van der Waals surface area contributed by atoms with Crippen LogP contribution in [0.1, 0.15) is 29.2 Å². The Hall–Kier alpha value is -2.49. The van der Waals surface area contributed by atoms with E-state index in [1.807, 2.05) is 58.0 Å². The average molecular weight is 341 g/mol. The van der Waals surface area contributed by atoms with Gasteiger partial charge in [-0.05, 0) is 69.0 Å². The summed E-state index contributed by atoms with van der Waals surface area (Å²) in [7, 11) is 0. The van der Waals surface area contributed by atoms with Gasteiger partial charge in [0.2, 0.25) is 0 Å². The van der Waals surface area contributed by atoms with Gasteiger partial charge in [-0.3, -0.25) is 4.79 Å². The Morgan fingerprint density at radius 1 is 1.04 bits per heavy atom. The quantitative estimate of drug-likeness (QED) is 0.778. The minimum absolute atomic E-state index is 0.146. The molecule has 2 aromatic carbocycles. The maximum Gasteiger partial charge on any atom is 0.260 e. The van der Waals surface area contributed by atoms with Gasteiger partial charge < -0.3 is 14.8 Å². The zero-order chi connectivity index (χ0) is 18.4. The fourth-order valence-corrected chi connectivity index (χ4v) is 2.56. The highest BCUT2D eigenvalue weighted by atomic mass is 16.5. The minimum Gasteiger partial charge on any atom is -0.491 e. The van der Waals surface area contributed by atoms with Crippen molar-refractivity contribution in [3.05, 3.63) is 58.7 Å². The van der Waals surface area contributed by atoms with E-state index in [0.717, 1.165) is 33.8 Å². The first-order valence-electron chi connectivity index (χ1n) is 8.59. The summed E-state index contributed by atoms with van der Waals surface area (Å²) in [6.07, 6.45) is -0.557. The first-order valence-corrected chi connectivity index (χ1v) is 8.59. The lowest BCUT2D eigenvalue weighted by molar-refractivity contribution is -0.127. The Labute approximate surface area is 150 Å². The Balaban J connectivity index is 1.82. The SMILES string of the molecule is Cc1cc(C)c(C)c(O[C@H](C)C(=O)NCCOc2ccccc2C)c1. The van der Waals surface area contributed by atoms with Crippen LogP contribution >= 0.6 is 0 Å². The van der Waals surface area contributed by atoms with Crippen LogP contribution in [-0.2, 0) is 4.79 Å². The van der Waals surface area contributed by atoms with Gasteiger partial charge in [-0.15, -0.1) is 0 Å². The molecule has 2 rings (SSSR count). The Morgan fingerprint density at radius 3 is 2.48 bits per heavy atom. The molecule has 0 aliphatic carbocycles. The molecule has 0 bridgehead atoms. The zero-order valence-electron chi connectivity index (χ0n) is 15.7. The molecule has 0 heterocycles. The predicted molar refractivity (Wildman–Crippen MR) is 100 cm³/mol. The van der Waals surface area contributed by atoms with Crippen molar-refractivity contribution in [1.29, 1.82) is 0 Å². The molecular weight excluding hydrogens is 314 g/mol. The number of aryl methyl sites for hydroxylation is 3. The summed E-state index contributed by atoms with van der Waals surface area (Å²) in [5, 5.41) is 2.85. The monoisotopic (exact) mass is 341 g/mol. The molecule has 4 heteroatoms. The summed E-state index contributed by atoms with van der Waals surface area (Å²) < 4.78 is 11.5. The lowest BCUT2D eigenvalue weighted by Gasteiger charge is -2.18. The number of benzene rings is 2. The molecule has 1 amide bonds. The number of carbonyl (C=O) groups excluding carboxylic acids is 1. The van der Waals surface area contributed by atoms with Crippen LogP contribution in [0.3, 0.4) is 0 Å². The molecule has 1 atom stereocenters. The maximum atomic E-state index is 12.2. The highest BCUT2D eigenvalue weighted by molar-refractivity contribution is 5.80. The molecule has 0 aromatic heterocycles. The second-order valence-electron chi connectivity index (χ2n) is 6.37. The molecular formula is C21H27NO3. The Kier molecular flexibility index (Phi) is 6.45. The van der Waals surface area contributed by atoms with Crippen molar-refractivity contribution in [3.8, 4) is 11.5 Å². The second-order valence-corrected chi connectivity index (χ2v) is 6.37. The van der Waals surface area contributed by atoms with Gasteiger partial charge in [0.05, 0.1) is 6.54 Å². The average Bonchev–Trinajstić information content (AvgIpc) is 2.57. The molecule has 0 spiro atoms. The van der Waals surface area contributed by atoms with Crippen LogP contribution in [0.25, 0.3) is 0 Å². The lowest BCUT2D eigenvalue weighted by Crippen LogP contribution is -2.38. The summed E-state index contributed by atoms with van der Waals surface area (Å²) in [4.78, 5) is 12.2. The first-order chi connectivity index (χ1) is 11.9. The molecule has 2 aromatic rings. The van der Waals surface area contributed by atoms with Crippen LogP contribution in [0, 0.1) is 27.7 Å². The summed E-state index contributed by atoms with van der Waals surface area (Å²) in [6, 6.07) is 11.9. The third-order valence-electron chi connectivity index (χ3n) is 4.19. The normalized spacial score (nSPS) is 11.7. The van der Waals surface area contributed by atoms with Gasteiger partial charge in [-0.2, -0.15) is 0 Å². The molecule has 134 valence electrons. The van der Waals surface area contributed by atoms with Gasteiger partial charge in [0.25, 0.3) is 5.91 Å². The summed E-state index contributed by atoms with van der Waals surface area (Å²) in [5.41, 5.74) is 4.43. The zero-order valence-corrected chi connectivity index (χ0v) is 15.7. The Bertz CT molecular complexity index is 740. The highest BCUT2D eigenvalue weighted by Crippen LogP contribution is 2.24. The van der Waals surface area contributed by atoms with Crippen LogP contribution in [0.2, 0.25) is 0 Å². The lowest BCUT2D eigenvalue weighted by atomic mass is 10.1. The van der Waals surface area contributed by atoms with Crippen LogP contribution in [0.15, 0.2) is 36.4 Å². The van der Waals surface area contributed by atoms with Gasteiger partial charge in [0.15, 0.2) is 6.10 Å². The number of hydrogen-bond donors (Lipinski definition) is 1. The van der Waals surface area contributed by atoms with E-state index in [-0.39, 0.29) is 5.91 Å². The molecule has 0 saturated heterocycles. The van der Waals surface area contributed by atoms with Crippen molar-refractivity contribution in [3.63, 3.8) is 0 Å². The third-order valence-corrected chi connectivity index (χ3v) is 4.19. The smallest absolute Gasteiger partial charge is 0.260 e. The number of hydrogen-bond acceptors (Lipinski definition) is 3. The number of amides is 1. The van der Waals surface area contributed by atoms with Gasteiger partial charge in [0, 0.05) is 0 Å². The molecule has 0 radical (unpaired) electrons. The van der Waals surface area contributed by atoms with Crippen molar-refractivity contribution >= 4 is 5.91 Å². The standard InChI is InChI=1S/C21H27NO3/c1-14-12-16(3)17(4)20(13-14)25-18(5)21(23)22-10-11-24-19-9-7-6-8-15(19)2/h6-9,12-13,18H,10-11H2,1-5H3,(H,22,23)/t18-/m1/s1. The number of rotatable bonds is 7. The van der Waals surface area contributed by atoms with Crippen LogP contribution in [-0.4, -0.2) is 25.2 Å². The van der Waals surface area contributed by atoms with E-state index in [0.29, 0.717) is 13.2 Å². The van der Waals surface area contributed by atoms with Gasteiger partial charge in [0.1, 0.15) is 18.1 Å². The van der Waals surface area contributed by atoms with Crippen LogP contribution in [0.5, 0.6) is 11.5 Å². The Morgan fingerprint density at radius 2 is 1.76 bits per heavy atom. The van der Waals surface area contributed by atoms with Crippen molar-refractivity contribution in [1.82, 2.24) is 5.32 Å². The van der Waals surface area contributed by atoms with E-state index in [1.54, 1.807) is 6.92 Å². The fourth-order valence-electron chi connectivity index (χ4n) is 2.56. The van der Waals surface area contributed by atoms with E-state index < -0.39 is 6.10 Å².